The molecule has 0 spiro atoms. The number of rotatable bonds is 5. The van der Waals surface area contributed by atoms with Crippen LogP contribution in [0.1, 0.15) is 25.3 Å². The molecule has 2 aliphatic heterocycles. The number of aromatic nitrogens is 3. The first kappa shape index (κ1) is 26.6. The first-order valence-corrected chi connectivity index (χ1v) is 15.5. The number of fused-ring (bicyclic) bond motifs is 5. The molecular formula is C39H28BN3O3. The molecule has 0 saturated carbocycles. The second-order valence-electron chi connectivity index (χ2n) is 12.0. The predicted molar refractivity (Wildman–Crippen MR) is 183 cm³/mol. The van der Waals surface area contributed by atoms with Crippen LogP contribution in [0.4, 0.5) is 0 Å². The molecule has 7 heteroatoms. The summed E-state index contributed by atoms with van der Waals surface area (Å²) in [4.78, 5) is 9.50. The third-order valence-corrected chi connectivity index (χ3v) is 8.83. The second-order valence-corrected chi connectivity index (χ2v) is 12.0. The standard InChI is InChI=1S/C39H28BN3O3/c1-24(2)26-21-35-38-36(22-26)46-34-18-16-28(44-37-14-8-9-19-41-37)23-30(34)40(38)29-20-25(15-17-33(29)45-35)39-42-31-12-6-7-13-32(31)43(39)27-10-4-3-5-11-27/h3-24H,1-2H3. The van der Waals surface area contributed by atoms with Crippen LogP contribution in [-0.4, -0.2) is 21.2 Å². The van der Waals surface area contributed by atoms with Gasteiger partial charge in [-0.05, 0) is 95.2 Å². The van der Waals surface area contributed by atoms with Crippen molar-refractivity contribution in [1.29, 1.82) is 0 Å². The van der Waals surface area contributed by atoms with Gasteiger partial charge in [0.25, 0.3) is 6.71 Å². The normalized spacial score (nSPS) is 12.6. The van der Waals surface area contributed by atoms with Gasteiger partial charge in [0.1, 0.15) is 34.6 Å². The maximum absolute atomic E-state index is 6.67. The molecule has 0 bridgehead atoms. The van der Waals surface area contributed by atoms with Gasteiger partial charge in [-0.1, -0.05) is 56.3 Å². The fraction of sp³-hybridized carbons (Fsp3) is 0.0769. The van der Waals surface area contributed by atoms with Crippen molar-refractivity contribution in [1.82, 2.24) is 14.5 Å². The van der Waals surface area contributed by atoms with Crippen LogP contribution in [-0.2, 0) is 0 Å². The molecule has 0 N–H and O–H groups in total. The van der Waals surface area contributed by atoms with Crippen molar-refractivity contribution in [3.63, 3.8) is 0 Å². The second kappa shape index (κ2) is 10.4. The number of hydrogen-bond acceptors (Lipinski definition) is 5. The van der Waals surface area contributed by atoms with E-state index < -0.39 is 0 Å². The predicted octanol–water partition coefficient (Wildman–Crippen LogP) is 7.73. The van der Waals surface area contributed by atoms with Crippen LogP contribution in [0.5, 0.6) is 34.6 Å². The summed E-state index contributed by atoms with van der Waals surface area (Å²) in [6.07, 6.45) is 1.73. The lowest BCUT2D eigenvalue weighted by Crippen LogP contribution is -2.57. The number of nitrogens with zero attached hydrogens (tertiary/aromatic N) is 3. The maximum atomic E-state index is 6.67. The Morgan fingerprint density at radius 1 is 0.696 bits per heavy atom. The maximum Gasteiger partial charge on any atom is 0.260 e. The van der Waals surface area contributed by atoms with Crippen molar-refractivity contribution in [2.45, 2.75) is 19.8 Å². The third-order valence-electron chi connectivity index (χ3n) is 8.83. The molecule has 220 valence electrons. The van der Waals surface area contributed by atoms with Crippen LogP contribution in [0.3, 0.4) is 0 Å². The summed E-state index contributed by atoms with van der Waals surface area (Å²) in [5.74, 6) is 5.69. The van der Waals surface area contributed by atoms with Gasteiger partial charge in [0.05, 0.1) is 11.0 Å². The van der Waals surface area contributed by atoms with Crippen molar-refractivity contribution in [3.8, 4) is 51.7 Å². The van der Waals surface area contributed by atoms with Crippen molar-refractivity contribution >= 4 is 34.1 Å². The molecule has 4 heterocycles. The van der Waals surface area contributed by atoms with E-state index in [0.717, 1.165) is 67.5 Å². The van der Waals surface area contributed by atoms with Crippen LogP contribution in [0.15, 0.2) is 128 Å². The average molecular weight is 597 g/mol. The Labute approximate surface area is 267 Å². The molecule has 0 saturated heterocycles. The average Bonchev–Trinajstić information content (AvgIpc) is 3.48. The molecule has 5 aromatic carbocycles. The Morgan fingerprint density at radius 3 is 2.17 bits per heavy atom. The molecule has 2 aromatic heterocycles. The van der Waals surface area contributed by atoms with E-state index in [0.29, 0.717) is 17.5 Å². The SMILES string of the molecule is CC(C)c1cc2c3c(c1)Oc1ccc(-c4nc5ccccc5n4-c4ccccc4)cc1B3c1cc(Oc3ccccn3)ccc1O2. The Balaban J connectivity index is 1.24. The van der Waals surface area contributed by atoms with E-state index >= 15 is 0 Å². The van der Waals surface area contributed by atoms with Gasteiger partial charge in [-0.2, -0.15) is 0 Å². The summed E-state index contributed by atoms with van der Waals surface area (Å²) in [7, 11) is 0. The summed E-state index contributed by atoms with van der Waals surface area (Å²) in [6.45, 7) is 4.23. The Hall–Kier alpha value is -5.82. The molecule has 7 aromatic rings. The Kier molecular flexibility index (Phi) is 6.00. The van der Waals surface area contributed by atoms with Crippen LogP contribution in [0, 0.1) is 0 Å². The largest absolute Gasteiger partial charge is 0.458 e. The molecule has 0 unspecified atom stereocenters. The van der Waals surface area contributed by atoms with Gasteiger partial charge in [0.2, 0.25) is 5.88 Å². The highest BCUT2D eigenvalue weighted by Crippen LogP contribution is 2.39. The van der Waals surface area contributed by atoms with E-state index in [1.54, 1.807) is 6.20 Å². The molecule has 46 heavy (non-hydrogen) atoms. The Bertz CT molecular complexity index is 2270. The molecule has 0 fully saturated rings. The topological polar surface area (TPSA) is 58.4 Å². The molecule has 0 radical (unpaired) electrons. The van der Waals surface area contributed by atoms with Gasteiger partial charge in [-0.25, -0.2) is 9.97 Å². The molecule has 9 rings (SSSR count). The molecule has 0 amide bonds. The highest BCUT2D eigenvalue weighted by molar-refractivity contribution is 6.98. The fourth-order valence-electron chi connectivity index (χ4n) is 6.62. The van der Waals surface area contributed by atoms with Gasteiger partial charge in [-0.3, -0.25) is 4.57 Å². The van der Waals surface area contributed by atoms with E-state index in [1.165, 1.54) is 5.56 Å². The monoisotopic (exact) mass is 597 g/mol. The van der Waals surface area contributed by atoms with E-state index in [2.05, 4.69) is 102 Å². The lowest BCUT2D eigenvalue weighted by atomic mass is 9.34. The molecule has 2 aliphatic rings. The van der Waals surface area contributed by atoms with E-state index in [4.69, 9.17) is 19.2 Å². The number of imidazole rings is 1. The number of ether oxygens (including phenoxy) is 3. The van der Waals surface area contributed by atoms with Crippen molar-refractivity contribution < 1.29 is 14.2 Å². The smallest absolute Gasteiger partial charge is 0.260 e. The number of benzene rings is 5. The van der Waals surface area contributed by atoms with E-state index in [1.807, 2.05) is 42.5 Å². The van der Waals surface area contributed by atoms with Gasteiger partial charge in [-0.15, -0.1) is 0 Å². The Morgan fingerprint density at radius 2 is 1.41 bits per heavy atom. The lowest BCUT2D eigenvalue weighted by Gasteiger charge is -2.34. The minimum absolute atomic E-state index is 0.138. The van der Waals surface area contributed by atoms with Crippen molar-refractivity contribution in [2.75, 3.05) is 0 Å². The van der Waals surface area contributed by atoms with E-state index in [9.17, 15) is 0 Å². The van der Waals surface area contributed by atoms with Crippen LogP contribution in [0.25, 0.3) is 28.1 Å². The lowest BCUT2D eigenvalue weighted by molar-refractivity contribution is 0.453. The first-order valence-electron chi connectivity index (χ1n) is 15.5. The van der Waals surface area contributed by atoms with E-state index in [-0.39, 0.29) is 6.71 Å². The van der Waals surface area contributed by atoms with Crippen molar-refractivity contribution in [2.24, 2.45) is 0 Å². The van der Waals surface area contributed by atoms with Crippen LogP contribution < -0.4 is 30.6 Å². The highest BCUT2D eigenvalue weighted by Gasteiger charge is 2.41. The molecule has 6 nitrogen and oxygen atoms in total. The minimum Gasteiger partial charge on any atom is -0.458 e. The zero-order valence-electron chi connectivity index (χ0n) is 25.3. The van der Waals surface area contributed by atoms with Gasteiger partial charge >= 0.3 is 0 Å². The summed E-state index contributed by atoms with van der Waals surface area (Å²) >= 11 is 0. The molecular weight excluding hydrogens is 569 g/mol. The highest BCUT2D eigenvalue weighted by atomic mass is 16.5. The molecule has 0 aliphatic carbocycles. The van der Waals surface area contributed by atoms with Crippen LogP contribution >= 0.6 is 0 Å². The first-order chi connectivity index (χ1) is 22.6. The van der Waals surface area contributed by atoms with Crippen molar-refractivity contribution in [3.05, 3.63) is 133 Å². The summed E-state index contributed by atoms with van der Waals surface area (Å²) in [6, 6.07) is 41.0. The third kappa shape index (κ3) is 4.27. The molecule has 0 atom stereocenters. The summed E-state index contributed by atoms with van der Waals surface area (Å²) in [5, 5.41) is 0. The number of para-hydroxylation sites is 3. The summed E-state index contributed by atoms with van der Waals surface area (Å²) in [5.41, 5.74) is 8.31. The zero-order chi connectivity index (χ0) is 30.8. The summed E-state index contributed by atoms with van der Waals surface area (Å²) < 4.78 is 21.7. The fourth-order valence-corrected chi connectivity index (χ4v) is 6.62. The number of hydrogen-bond donors (Lipinski definition) is 0. The zero-order valence-corrected chi connectivity index (χ0v) is 25.3. The van der Waals surface area contributed by atoms with Gasteiger partial charge in [0, 0.05) is 29.0 Å². The quantitative estimate of drug-likeness (QED) is 0.190. The number of pyridine rings is 1. The van der Waals surface area contributed by atoms with Gasteiger partial charge < -0.3 is 14.2 Å². The van der Waals surface area contributed by atoms with Crippen LogP contribution in [0.2, 0.25) is 0 Å². The van der Waals surface area contributed by atoms with Gasteiger partial charge in [0.15, 0.2) is 0 Å². The minimum atomic E-state index is -0.138.